The maximum atomic E-state index is 13.1. The van der Waals surface area contributed by atoms with Crippen LogP contribution in [-0.4, -0.2) is 62.9 Å². The summed E-state index contributed by atoms with van der Waals surface area (Å²) in [5.74, 6) is 1.45. The number of aromatic nitrogens is 2. The molecule has 1 aromatic heterocycles. The number of para-hydroxylation sites is 1. The first kappa shape index (κ1) is 21.8. The van der Waals surface area contributed by atoms with Crippen LogP contribution in [0.15, 0.2) is 70.4 Å². The molecule has 0 saturated carbocycles. The first-order valence-corrected chi connectivity index (χ1v) is 11.5. The van der Waals surface area contributed by atoms with E-state index in [0.29, 0.717) is 49.2 Å². The highest BCUT2D eigenvalue weighted by Crippen LogP contribution is 2.31. The topological polar surface area (TPSA) is 94.0 Å². The van der Waals surface area contributed by atoms with E-state index in [1.165, 1.54) is 41.4 Å². The van der Waals surface area contributed by atoms with Crippen molar-refractivity contribution in [3.05, 3.63) is 71.0 Å². The lowest BCUT2D eigenvalue weighted by atomic mass is 10.3. The zero-order valence-corrected chi connectivity index (χ0v) is 18.7. The van der Waals surface area contributed by atoms with Gasteiger partial charge in [0.15, 0.2) is 11.5 Å². The number of rotatable bonds is 6. The van der Waals surface area contributed by atoms with Crippen LogP contribution in [0.2, 0.25) is 0 Å². The van der Waals surface area contributed by atoms with Crippen molar-refractivity contribution in [3.63, 3.8) is 0 Å². The Balaban J connectivity index is 1.52. The quantitative estimate of drug-likeness (QED) is 0.558. The van der Waals surface area contributed by atoms with Crippen LogP contribution in [0.5, 0.6) is 11.5 Å². The van der Waals surface area contributed by atoms with Crippen molar-refractivity contribution < 1.29 is 17.9 Å². The molecule has 1 aliphatic rings. The minimum absolute atomic E-state index is 0.152. The van der Waals surface area contributed by atoms with Crippen molar-refractivity contribution in [3.8, 4) is 17.2 Å². The second-order valence-electron chi connectivity index (χ2n) is 7.19. The van der Waals surface area contributed by atoms with Crippen LogP contribution in [0.3, 0.4) is 0 Å². The lowest BCUT2D eigenvalue weighted by Gasteiger charge is -2.34. The number of benzene rings is 2. The number of anilines is 1. The molecule has 1 fully saturated rings. The van der Waals surface area contributed by atoms with E-state index in [0.717, 1.165) is 0 Å². The molecule has 0 N–H and O–H groups in total. The summed E-state index contributed by atoms with van der Waals surface area (Å²) >= 11 is 0. The first-order valence-electron chi connectivity index (χ1n) is 10.1. The molecule has 9 nitrogen and oxygen atoms in total. The van der Waals surface area contributed by atoms with Crippen molar-refractivity contribution in [2.75, 3.05) is 45.3 Å². The third kappa shape index (κ3) is 4.19. The third-order valence-electron chi connectivity index (χ3n) is 5.34. The number of methoxy groups -OCH3 is 2. The molecular weight excluding hydrogens is 432 g/mol. The second kappa shape index (κ2) is 9.01. The monoisotopic (exact) mass is 456 g/mol. The predicted molar refractivity (Wildman–Crippen MR) is 120 cm³/mol. The largest absolute Gasteiger partial charge is 0.493 e. The average molecular weight is 457 g/mol. The van der Waals surface area contributed by atoms with Gasteiger partial charge in [0.05, 0.1) is 24.8 Å². The van der Waals surface area contributed by atoms with Crippen LogP contribution in [-0.2, 0) is 10.0 Å². The fraction of sp³-hybridized carbons (Fsp3) is 0.273. The summed E-state index contributed by atoms with van der Waals surface area (Å²) in [5, 5.41) is 4.49. The molecule has 1 aliphatic heterocycles. The van der Waals surface area contributed by atoms with Gasteiger partial charge < -0.3 is 14.4 Å². The summed E-state index contributed by atoms with van der Waals surface area (Å²) in [5.41, 5.74) is 0.448. The average Bonchev–Trinajstić information content (AvgIpc) is 2.84. The highest BCUT2D eigenvalue weighted by molar-refractivity contribution is 7.89. The summed E-state index contributed by atoms with van der Waals surface area (Å²) in [7, 11) is -0.720. The fourth-order valence-corrected chi connectivity index (χ4v) is 5.05. The zero-order valence-electron chi connectivity index (χ0n) is 17.8. The molecule has 0 spiro atoms. The highest BCUT2D eigenvalue weighted by atomic mass is 32.2. The minimum Gasteiger partial charge on any atom is -0.493 e. The number of ether oxygens (including phenoxy) is 2. The van der Waals surface area contributed by atoms with E-state index in [1.54, 1.807) is 12.1 Å². The fourth-order valence-electron chi connectivity index (χ4n) is 3.61. The molecule has 0 bridgehead atoms. The van der Waals surface area contributed by atoms with Crippen molar-refractivity contribution >= 4 is 15.8 Å². The SMILES string of the molecule is COc1ccc(S(=O)(=O)N2CCN(c3ccc(=O)n(-c4ccccc4)n3)CC2)cc1OC. The van der Waals surface area contributed by atoms with Crippen molar-refractivity contribution in [2.45, 2.75) is 4.90 Å². The second-order valence-corrected chi connectivity index (χ2v) is 9.12. The molecule has 2 aromatic carbocycles. The third-order valence-corrected chi connectivity index (χ3v) is 7.24. The molecule has 2 heterocycles. The van der Waals surface area contributed by atoms with E-state index in [-0.39, 0.29) is 10.5 Å². The molecular formula is C22H24N4O5S. The van der Waals surface area contributed by atoms with Gasteiger partial charge in [0.2, 0.25) is 10.0 Å². The van der Waals surface area contributed by atoms with Gasteiger partial charge in [0.25, 0.3) is 5.56 Å². The molecule has 3 aromatic rings. The standard InChI is InChI=1S/C22H24N4O5S/c1-30-19-9-8-18(16-20(19)31-2)32(28,29)25-14-12-24(13-15-25)21-10-11-22(27)26(23-21)17-6-4-3-5-7-17/h3-11,16H,12-15H2,1-2H3. The molecule has 4 rings (SSSR count). The molecule has 1 saturated heterocycles. The van der Waals surface area contributed by atoms with Gasteiger partial charge in [-0.05, 0) is 30.3 Å². The van der Waals surface area contributed by atoms with Gasteiger partial charge in [-0.1, -0.05) is 18.2 Å². The van der Waals surface area contributed by atoms with E-state index in [1.807, 2.05) is 35.2 Å². The van der Waals surface area contributed by atoms with Crippen molar-refractivity contribution in [2.24, 2.45) is 0 Å². The smallest absolute Gasteiger partial charge is 0.271 e. The Morgan fingerprint density at radius 1 is 0.844 bits per heavy atom. The highest BCUT2D eigenvalue weighted by Gasteiger charge is 2.30. The normalized spacial score (nSPS) is 14.9. The van der Waals surface area contributed by atoms with Gasteiger partial charge in [-0.15, -0.1) is 5.10 Å². The van der Waals surface area contributed by atoms with Gasteiger partial charge in [0, 0.05) is 38.3 Å². The number of hydrogen-bond donors (Lipinski definition) is 0. The van der Waals surface area contributed by atoms with Crippen LogP contribution < -0.4 is 19.9 Å². The Bertz CT molecular complexity index is 1250. The summed E-state index contributed by atoms with van der Waals surface area (Å²) in [6.07, 6.45) is 0. The number of piperazine rings is 1. The van der Waals surface area contributed by atoms with Crippen LogP contribution >= 0.6 is 0 Å². The molecule has 0 amide bonds. The Labute approximate surface area is 186 Å². The van der Waals surface area contributed by atoms with E-state index >= 15 is 0 Å². The van der Waals surface area contributed by atoms with Gasteiger partial charge in [-0.25, -0.2) is 8.42 Å². The summed E-state index contributed by atoms with van der Waals surface area (Å²) in [6.45, 7) is 1.49. The van der Waals surface area contributed by atoms with E-state index < -0.39 is 10.0 Å². The number of hydrogen-bond acceptors (Lipinski definition) is 7. The van der Waals surface area contributed by atoms with E-state index in [4.69, 9.17) is 9.47 Å². The Hall–Kier alpha value is -3.37. The Morgan fingerprint density at radius 3 is 2.19 bits per heavy atom. The molecule has 168 valence electrons. The van der Waals surface area contributed by atoms with Crippen LogP contribution in [0.25, 0.3) is 5.69 Å². The van der Waals surface area contributed by atoms with Gasteiger partial charge in [-0.2, -0.15) is 8.99 Å². The van der Waals surface area contributed by atoms with E-state index in [2.05, 4.69) is 5.10 Å². The van der Waals surface area contributed by atoms with Crippen LogP contribution in [0.4, 0.5) is 5.82 Å². The molecule has 0 aliphatic carbocycles. The Morgan fingerprint density at radius 2 is 1.53 bits per heavy atom. The summed E-state index contributed by atoms with van der Waals surface area (Å²) < 4.78 is 39.5. The predicted octanol–water partition coefficient (Wildman–Crippen LogP) is 1.76. The van der Waals surface area contributed by atoms with E-state index in [9.17, 15) is 13.2 Å². The molecule has 32 heavy (non-hydrogen) atoms. The van der Waals surface area contributed by atoms with Gasteiger partial charge in [0.1, 0.15) is 5.82 Å². The molecule has 0 atom stereocenters. The molecule has 10 heteroatoms. The maximum Gasteiger partial charge on any atom is 0.271 e. The van der Waals surface area contributed by atoms with Crippen molar-refractivity contribution in [1.29, 1.82) is 0 Å². The lowest BCUT2D eigenvalue weighted by molar-refractivity contribution is 0.353. The summed E-state index contributed by atoms with van der Waals surface area (Å²) in [4.78, 5) is 14.4. The van der Waals surface area contributed by atoms with Crippen molar-refractivity contribution in [1.82, 2.24) is 14.1 Å². The minimum atomic E-state index is -3.69. The number of sulfonamides is 1. The maximum absolute atomic E-state index is 13.1. The van der Waals surface area contributed by atoms with Crippen LogP contribution in [0, 0.1) is 0 Å². The van der Waals surface area contributed by atoms with Gasteiger partial charge >= 0.3 is 0 Å². The first-order chi connectivity index (χ1) is 15.4. The molecule has 0 radical (unpaired) electrons. The number of nitrogens with zero attached hydrogens (tertiary/aromatic N) is 4. The van der Waals surface area contributed by atoms with Gasteiger partial charge in [-0.3, -0.25) is 4.79 Å². The zero-order chi connectivity index (χ0) is 22.7. The molecule has 0 unspecified atom stereocenters. The lowest BCUT2D eigenvalue weighted by Crippen LogP contribution is -2.49. The summed E-state index contributed by atoms with van der Waals surface area (Å²) in [6, 6.07) is 16.9. The van der Waals surface area contributed by atoms with Crippen LogP contribution in [0.1, 0.15) is 0 Å². The Kier molecular flexibility index (Phi) is 6.15.